The van der Waals surface area contributed by atoms with E-state index in [2.05, 4.69) is 26.7 Å². The van der Waals surface area contributed by atoms with Crippen LogP contribution in [0.5, 0.6) is 0 Å². The van der Waals surface area contributed by atoms with E-state index in [9.17, 15) is 4.79 Å². The highest BCUT2D eigenvalue weighted by Gasteiger charge is 2.22. The first kappa shape index (κ1) is 18.6. The fourth-order valence-corrected chi connectivity index (χ4v) is 4.53. The number of carbonyl (C=O) groups is 1. The number of thiophene rings is 1. The van der Waals surface area contributed by atoms with Gasteiger partial charge in [0.15, 0.2) is 5.69 Å². The maximum atomic E-state index is 11.9. The number of nitrogens with one attached hydrogen (secondary N) is 2. The molecule has 28 heavy (non-hydrogen) atoms. The summed E-state index contributed by atoms with van der Waals surface area (Å²) in [7, 11) is 0. The molecule has 6 N–H and O–H groups in total. The number of nitrogens with zero attached hydrogens (tertiary/aromatic N) is 2. The number of carbonyl (C=O) groups excluding carboxylic acids is 1. The molecule has 0 aliphatic heterocycles. The van der Waals surface area contributed by atoms with Crippen LogP contribution in [0.15, 0.2) is 29.8 Å². The molecule has 146 valence electrons. The number of primary amides is 1. The van der Waals surface area contributed by atoms with E-state index in [0.29, 0.717) is 11.5 Å². The first-order valence-electron chi connectivity index (χ1n) is 9.45. The van der Waals surface area contributed by atoms with Crippen LogP contribution in [0.25, 0.3) is 10.1 Å². The molecule has 3 aromatic heterocycles. The second-order valence-electron chi connectivity index (χ2n) is 7.26. The molecule has 1 saturated carbocycles. The third-order valence-corrected chi connectivity index (χ3v) is 6.05. The zero-order valence-electron chi connectivity index (χ0n) is 15.7. The largest absolute Gasteiger partial charge is 0.379 e. The van der Waals surface area contributed by atoms with Gasteiger partial charge in [0, 0.05) is 17.8 Å². The van der Waals surface area contributed by atoms with Crippen LogP contribution in [0.3, 0.4) is 0 Å². The predicted molar refractivity (Wildman–Crippen MR) is 114 cm³/mol. The van der Waals surface area contributed by atoms with Gasteiger partial charge in [-0.1, -0.05) is 12.8 Å². The zero-order chi connectivity index (χ0) is 19.7. The van der Waals surface area contributed by atoms with Crippen molar-refractivity contribution < 1.29 is 4.79 Å². The van der Waals surface area contributed by atoms with Crippen LogP contribution in [0.4, 0.5) is 17.2 Å². The van der Waals surface area contributed by atoms with Gasteiger partial charge in [-0.15, -0.1) is 11.3 Å². The summed E-state index contributed by atoms with van der Waals surface area (Å²) in [5.41, 5.74) is 14.2. The second kappa shape index (κ2) is 7.73. The summed E-state index contributed by atoms with van der Waals surface area (Å²) >= 11 is 1.60. The fraction of sp³-hybridized carbons (Fsp3) is 0.350. The molecule has 0 aromatic carbocycles. The van der Waals surface area contributed by atoms with Gasteiger partial charge in [0.05, 0.1) is 22.3 Å². The quantitative estimate of drug-likeness (QED) is 0.524. The normalized spacial score (nSPS) is 19.5. The maximum Gasteiger partial charge on any atom is 0.269 e. The molecule has 4 rings (SSSR count). The molecule has 2 atom stereocenters. The summed E-state index contributed by atoms with van der Waals surface area (Å²) in [4.78, 5) is 20.8. The highest BCUT2D eigenvalue weighted by molar-refractivity contribution is 7.17. The van der Waals surface area contributed by atoms with Crippen LogP contribution in [0.1, 0.15) is 41.9 Å². The lowest BCUT2D eigenvalue weighted by molar-refractivity contribution is 0.0996. The number of rotatable bonds is 5. The van der Waals surface area contributed by atoms with E-state index in [1.54, 1.807) is 17.5 Å². The van der Waals surface area contributed by atoms with Gasteiger partial charge in [0.25, 0.3) is 5.91 Å². The molecule has 1 fully saturated rings. The highest BCUT2D eigenvalue weighted by atomic mass is 32.1. The van der Waals surface area contributed by atoms with Gasteiger partial charge in [-0.25, -0.2) is 9.97 Å². The molecule has 1 aliphatic carbocycles. The summed E-state index contributed by atoms with van der Waals surface area (Å²) in [6, 6.07) is 6.26. The van der Waals surface area contributed by atoms with Crippen molar-refractivity contribution in [2.75, 3.05) is 10.6 Å². The average Bonchev–Trinajstić information content (AvgIpc) is 3.12. The van der Waals surface area contributed by atoms with Gasteiger partial charge in [-0.2, -0.15) is 0 Å². The number of fused-ring (bicyclic) bond motifs is 1. The van der Waals surface area contributed by atoms with Crippen LogP contribution in [-0.4, -0.2) is 28.0 Å². The number of nitrogens with two attached hydrogens (primary N) is 2. The zero-order valence-corrected chi connectivity index (χ0v) is 16.6. The molecule has 3 heterocycles. The standard InChI is InChI=1S/C20H24N6OS/c1-11-8-12-6-7-28-18(12)20(24-11)26-16-9-13(10-23-17(16)19(22)27)25-15-5-3-2-4-14(15)21/h6-10,14-15,25H,2-5,21H2,1H3,(H2,22,27)(H,24,26)/t14-,15+/m0/s1. The minimum absolute atomic E-state index is 0.116. The minimum atomic E-state index is -0.585. The smallest absolute Gasteiger partial charge is 0.269 e. The second-order valence-corrected chi connectivity index (χ2v) is 8.18. The van der Waals surface area contributed by atoms with Gasteiger partial charge in [0.1, 0.15) is 5.82 Å². The van der Waals surface area contributed by atoms with Crippen molar-refractivity contribution >= 4 is 44.5 Å². The lowest BCUT2D eigenvalue weighted by Crippen LogP contribution is -2.42. The highest BCUT2D eigenvalue weighted by Crippen LogP contribution is 2.32. The molecule has 0 saturated heterocycles. The monoisotopic (exact) mass is 396 g/mol. The van der Waals surface area contributed by atoms with E-state index < -0.39 is 5.91 Å². The fourth-order valence-electron chi connectivity index (χ4n) is 3.71. The van der Waals surface area contributed by atoms with Gasteiger partial charge in [0.2, 0.25) is 0 Å². The number of pyridine rings is 2. The first-order valence-corrected chi connectivity index (χ1v) is 10.3. The van der Waals surface area contributed by atoms with Crippen LogP contribution in [0, 0.1) is 6.92 Å². The van der Waals surface area contributed by atoms with Crippen molar-refractivity contribution in [1.82, 2.24) is 9.97 Å². The van der Waals surface area contributed by atoms with Crippen LogP contribution >= 0.6 is 11.3 Å². The average molecular weight is 397 g/mol. The molecule has 3 aromatic rings. The predicted octanol–water partition coefficient (Wildman–Crippen LogP) is 3.52. The Bertz CT molecular complexity index is 1020. The number of amides is 1. The number of anilines is 3. The first-order chi connectivity index (χ1) is 13.5. The molecule has 0 radical (unpaired) electrons. The number of hydrogen-bond acceptors (Lipinski definition) is 7. The summed E-state index contributed by atoms with van der Waals surface area (Å²) in [6.45, 7) is 1.94. The van der Waals surface area contributed by atoms with Crippen molar-refractivity contribution in [3.05, 3.63) is 41.2 Å². The van der Waals surface area contributed by atoms with Crippen molar-refractivity contribution in [2.24, 2.45) is 11.5 Å². The molecule has 0 bridgehead atoms. The van der Waals surface area contributed by atoms with E-state index in [4.69, 9.17) is 11.5 Å². The summed E-state index contributed by atoms with van der Waals surface area (Å²) in [5, 5.41) is 9.87. The van der Waals surface area contributed by atoms with Crippen molar-refractivity contribution in [3.8, 4) is 0 Å². The lowest BCUT2D eigenvalue weighted by Gasteiger charge is -2.30. The van der Waals surface area contributed by atoms with E-state index in [1.165, 1.54) is 6.42 Å². The third-order valence-electron chi connectivity index (χ3n) is 5.11. The third kappa shape index (κ3) is 3.79. The molecule has 1 amide bonds. The number of hydrogen-bond donors (Lipinski definition) is 4. The van der Waals surface area contributed by atoms with Gasteiger partial charge in [-0.05, 0) is 48.7 Å². The Kier molecular flexibility index (Phi) is 5.15. The van der Waals surface area contributed by atoms with Gasteiger partial charge in [-0.3, -0.25) is 4.79 Å². The summed E-state index contributed by atoms with van der Waals surface area (Å²) < 4.78 is 1.02. The van der Waals surface area contributed by atoms with Crippen molar-refractivity contribution in [3.63, 3.8) is 0 Å². The Morgan fingerprint density at radius 2 is 2.11 bits per heavy atom. The van der Waals surface area contributed by atoms with E-state index >= 15 is 0 Å². The Labute approximate surface area is 167 Å². The molecule has 1 aliphatic rings. The minimum Gasteiger partial charge on any atom is -0.379 e. The molecule has 0 unspecified atom stereocenters. The topological polar surface area (TPSA) is 119 Å². The summed E-state index contributed by atoms with van der Waals surface area (Å²) in [6.07, 6.45) is 6.00. The Hall–Kier alpha value is -2.71. The van der Waals surface area contributed by atoms with E-state index in [0.717, 1.165) is 40.7 Å². The molecule has 7 nitrogen and oxygen atoms in total. The van der Waals surface area contributed by atoms with Crippen LogP contribution in [0.2, 0.25) is 0 Å². The molecular weight excluding hydrogens is 372 g/mol. The molecule has 8 heteroatoms. The number of aryl methyl sites for hydroxylation is 1. The maximum absolute atomic E-state index is 11.9. The van der Waals surface area contributed by atoms with E-state index in [1.807, 2.05) is 24.4 Å². The Morgan fingerprint density at radius 1 is 1.29 bits per heavy atom. The number of aromatic nitrogens is 2. The van der Waals surface area contributed by atoms with E-state index in [-0.39, 0.29) is 17.8 Å². The van der Waals surface area contributed by atoms with Gasteiger partial charge >= 0.3 is 0 Å². The lowest BCUT2D eigenvalue weighted by atomic mass is 9.91. The Morgan fingerprint density at radius 3 is 2.89 bits per heavy atom. The SMILES string of the molecule is Cc1cc2ccsc2c(Nc2cc(N[C@@H]3CCCC[C@@H]3N)cnc2C(N)=O)n1. The summed E-state index contributed by atoms with van der Waals surface area (Å²) in [5.74, 6) is 0.110. The van der Waals surface area contributed by atoms with Gasteiger partial charge < -0.3 is 22.1 Å². The molecular formula is C20H24N6OS. The van der Waals surface area contributed by atoms with Crippen LogP contribution < -0.4 is 22.1 Å². The molecule has 0 spiro atoms. The van der Waals surface area contributed by atoms with Crippen molar-refractivity contribution in [1.29, 1.82) is 0 Å². The Balaban J connectivity index is 1.68. The van der Waals surface area contributed by atoms with Crippen molar-refractivity contribution in [2.45, 2.75) is 44.7 Å². The van der Waals surface area contributed by atoms with Crippen LogP contribution in [-0.2, 0) is 0 Å².